The third kappa shape index (κ3) is 4.02. The molecule has 1 aromatic carbocycles. The lowest BCUT2D eigenvalue weighted by Crippen LogP contribution is -2.48. The Morgan fingerprint density at radius 1 is 1.16 bits per heavy atom. The smallest absolute Gasteiger partial charge is 0.255 e. The van der Waals surface area contributed by atoms with Crippen molar-refractivity contribution in [3.8, 4) is 11.6 Å². The second-order valence-electron chi connectivity index (χ2n) is 5.80. The van der Waals surface area contributed by atoms with Crippen molar-refractivity contribution in [2.75, 3.05) is 44.8 Å². The average molecular weight is 341 g/mol. The zero-order valence-corrected chi connectivity index (χ0v) is 14.6. The number of hydrogen-bond acceptors (Lipinski definition) is 5. The molecule has 2 heterocycles. The van der Waals surface area contributed by atoms with Crippen LogP contribution in [-0.2, 0) is 0 Å². The Kier molecular flexibility index (Phi) is 5.38. The van der Waals surface area contributed by atoms with E-state index in [1.807, 2.05) is 30.0 Å². The van der Waals surface area contributed by atoms with Crippen LogP contribution < -0.4 is 14.4 Å². The minimum atomic E-state index is 0.0147. The molecule has 25 heavy (non-hydrogen) atoms. The van der Waals surface area contributed by atoms with Crippen molar-refractivity contribution in [3.05, 3.63) is 48.2 Å². The Balaban J connectivity index is 1.60. The van der Waals surface area contributed by atoms with Crippen molar-refractivity contribution in [2.45, 2.75) is 6.92 Å². The molecule has 1 fully saturated rings. The van der Waals surface area contributed by atoms with Gasteiger partial charge in [0.1, 0.15) is 5.75 Å². The Morgan fingerprint density at radius 3 is 2.60 bits per heavy atom. The van der Waals surface area contributed by atoms with E-state index in [2.05, 4.69) is 16.0 Å². The van der Waals surface area contributed by atoms with E-state index < -0.39 is 0 Å². The van der Waals surface area contributed by atoms with Gasteiger partial charge in [-0.25, -0.2) is 4.98 Å². The lowest BCUT2D eigenvalue weighted by molar-refractivity contribution is 0.0746. The number of piperazine rings is 1. The minimum Gasteiger partial charge on any atom is -0.497 e. The SMILES string of the molecule is CCOc1ccc(C(=O)N2CCN(c3cccc(OC)c3)CC2)cn1. The molecule has 0 spiro atoms. The fourth-order valence-corrected chi connectivity index (χ4v) is 2.90. The first-order valence-corrected chi connectivity index (χ1v) is 8.48. The summed E-state index contributed by atoms with van der Waals surface area (Å²) in [6.07, 6.45) is 1.59. The number of aromatic nitrogens is 1. The average Bonchev–Trinajstić information content (AvgIpc) is 2.68. The van der Waals surface area contributed by atoms with E-state index in [0.29, 0.717) is 31.1 Å². The summed E-state index contributed by atoms with van der Waals surface area (Å²) in [5.41, 5.74) is 1.72. The molecular formula is C19H23N3O3. The molecule has 2 aromatic rings. The zero-order valence-electron chi connectivity index (χ0n) is 14.6. The van der Waals surface area contributed by atoms with Crippen molar-refractivity contribution in [3.63, 3.8) is 0 Å². The Bertz CT molecular complexity index is 710. The molecule has 1 amide bonds. The maximum atomic E-state index is 12.6. The Hall–Kier alpha value is -2.76. The highest BCUT2D eigenvalue weighted by molar-refractivity contribution is 5.94. The third-order valence-corrected chi connectivity index (χ3v) is 4.26. The summed E-state index contributed by atoms with van der Waals surface area (Å²) in [5, 5.41) is 0. The van der Waals surface area contributed by atoms with Gasteiger partial charge in [-0.2, -0.15) is 0 Å². The van der Waals surface area contributed by atoms with Gasteiger partial charge in [0.25, 0.3) is 5.91 Å². The van der Waals surface area contributed by atoms with Crippen molar-refractivity contribution < 1.29 is 14.3 Å². The maximum absolute atomic E-state index is 12.6. The van der Waals surface area contributed by atoms with Crippen LogP contribution in [0.5, 0.6) is 11.6 Å². The van der Waals surface area contributed by atoms with Gasteiger partial charge in [-0.05, 0) is 25.1 Å². The van der Waals surface area contributed by atoms with E-state index >= 15 is 0 Å². The van der Waals surface area contributed by atoms with Crippen LogP contribution in [0.4, 0.5) is 5.69 Å². The summed E-state index contributed by atoms with van der Waals surface area (Å²) in [6, 6.07) is 11.5. The van der Waals surface area contributed by atoms with Gasteiger partial charge in [0.15, 0.2) is 0 Å². The highest BCUT2D eigenvalue weighted by Gasteiger charge is 2.22. The van der Waals surface area contributed by atoms with Gasteiger partial charge in [0, 0.05) is 50.2 Å². The fraction of sp³-hybridized carbons (Fsp3) is 0.368. The molecule has 3 rings (SSSR count). The quantitative estimate of drug-likeness (QED) is 0.836. The number of nitrogens with zero attached hydrogens (tertiary/aromatic N) is 3. The highest BCUT2D eigenvalue weighted by Crippen LogP contribution is 2.22. The van der Waals surface area contributed by atoms with Crippen LogP contribution in [0.25, 0.3) is 0 Å². The first-order chi connectivity index (χ1) is 12.2. The molecule has 1 aromatic heterocycles. The molecule has 0 atom stereocenters. The number of carbonyl (C=O) groups is 1. The van der Waals surface area contributed by atoms with E-state index in [0.717, 1.165) is 24.5 Å². The molecule has 0 unspecified atom stereocenters. The second-order valence-corrected chi connectivity index (χ2v) is 5.80. The number of rotatable bonds is 5. The van der Waals surface area contributed by atoms with Crippen LogP contribution in [0.3, 0.4) is 0 Å². The molecule has 6 nitrogen and oxygen atoms in total. The molecule has 0 bridgehead atoms. The maximum Gasteiger partial charge on any atom is 0.255 e. The van der Waals surface area contributed by atoms with Crippen molar-refractivity contribution in [2.24, 2.45) is 0 Å². The van der Waals surface area contributed by atoms with Crippen molar-refractivity contribution in [1.29, 1.82) is 0 Å². The van der Waals surface area contributed by atoms with Crippen LogP contribution in [0.15, 0.2) is 42.6 Å². The summed E-state index contributed by atoms with van der Waals surface area (Å²) in [5.74, 6) is 1.40. The van der Waals surface area contributed by atoms with Gasteiger partial charge in [0.05, 0.1) is 19.3 Å². The van der Waals surface area contributed by atoms with E-state index in [1.54, 1.807) is 25.4 Å². The van der Waals surface area contributed by atoms with E-state index in [1.165, 1.54) is 0 Å². The van der Waals surface area contributed by atoms with Crippen molar-refractivity contribution in [1.82, 2.24) is 9.88 Å². The topological polar surface area (TPSA) is 54.9 Å². The van der Waals surface area contributed by atoms with Gasteiger partial charge in [-0.15, -0.1) is 0 Å². The predicted octanol–water partition coefficient (Wildman–Crippen LogP) is 2.45. The van der Waals surface area contributed by atoms with Crippen LogP contribution in [0, 0.1) is 0 Å². The standard InChI is InChI=1S/C19H23N3O3/c1-3-25-18-8-7-15(14-20-18)19(23)22-11-9-21(10-12-22)16-5-4-6-17(13-16)24-2/h4-8,13-14H,3,9-12H2,1-2H3. The molecule has 1 saturated heterocycles. The number of anilines is 1. The summed E-state index contributed by atoms with van der Waals surface area (Å²) in [7, 11) is 1.67. The molecule has 6 heteroatoms. The second kappa shape index (κ2) is 7.88. The lowest BCUT2D eigenvalue weighted by atomic mass is 10.2. The fourth-order valence-electron chi connectivity index (χ4n) is 2.90. The first kappa shape index (κ1) is 17.1. The van der Waals surface area contributed by atoms with Crippen molar-refractivity contribution >= 4 is 11.6 Å². The predicted molar refractivity (Wildman–Crippen MR) is 96.5 cm³/mol. The molecular weight excluding hydrogens is 318 g/mol. The number of benzene rings is 1. The minimum absolute atomic E-state index is 0.0147. The molecule has 0 saturated carbocycles. The van der Waals surface area contributed by atoms with Gasteiger partial charge in [0.2, 0.25) is 5.88 Å². The first-order valence-electron chi connectivity index (χ1n) is 8.48. The molecule has 132 valence electrons. The van der Waals surface area contributed by atoms with Gasteiger partial charge < -0.3 is 19.3 Å². The van der Waals surface area contributed by atoms with Gasteiger partial charge in [-0.3, -0.25) is 4.79 Å². The van der Waals surface area contributed by atoms with E-state index in [4.69, 9.17) is 9.47 Å². The van der Waals surface area contributed by atoms with Gasteiger partial charge in [-0.1, -0.05) is 6.07 Å². The molecule has 1 aliphatic rings. The molecule has 0 radical (unpaired) electrons. The van der Waals surface area contributed by atoms with E-state index in [9.17, 15) is 4.79 Å². The van der Waals surface area contributed by atoms with Crippen LogP contribution in [0.1, 0.15) is 17.3 Å². The van der Waals surface area contributed by atoms with Crippen LogP contribution in [-0.4, -0.2) is 55.7 Å². The Morgan fingerprint density at radius 2 is 1.96 bits per heavy atom. The number of amides is 1. The third-order valence-electron chi connectivity index (χ3n) is 4.26. The van der Waals surface area contributed by atoms with Crippen LogP contribution >= 0.6 is 0 Å². The monoisotopic (exact) mass is 341 g/mol. The summed E-state index contributed by atoms with van der Waals surface area (Å²) < 4.78 is 10.6. The number of hydrogen-bond donors (Lipinski definition) is 0. The Labute approximate surface area is 148 Å². The normalized spacial score (nSPS) is 14.3. The number of ether oxygens (including phenoxy) is 2. The summed E-state index contributed by atoms with van der Waals surface area (Å²) in [6.45, 7) is 5.42. The molecule has 0 N–H and O–H groups in total. The lowest BCUT2D eigenvalue weighted by Gasteiger charge is -2.36. The number of pyridine rings is 1. The highest BCUT2D eigenvalue weighted by atomic mass is 16.5. The molecule has 1 aliphatic heterocycles. The summed E-state index contributed by atoms with van der Waals surface area (Å²) >= 11 is 0. The summed E-state index contributed by atoms with van der Waals surface area (Å²) in [4.78, 5) is 20.9. The van der Waals surface area contributed by atoms with Gasteiger partial charge >= 0.3 is 0 Å². The van der Waals surface area contributed by atoms with Crippen LogP contribution in [0.2, 0.25) is 0 Å². The number of carbonyl (C=O) groups excluding carboxylic acids is 1. The zero-order chi connectivity index (χ0) is 17.6. The van der Waals surface area contributed by atoms with E-state index in [-0.39, 0.29) is 5.91 Å². The number of methoxy groups -OCH3 is 1. The largest absolute Gasteiger partial charge is 0.497 e. The molecule has 0 aliphatic carbocycles.